The Morgan fingerprint density at radius 3 is 2.65 bits per heavy atom. The van der Waals surface area contributed by atoms with Crippen LogP contribution in [0.5, 0.6) is 5.75 Å². The van der Waals surface area contributed by atoms with Crippen molar-refractivity contribution in [3.8, 4) is 5.75 Å². The van der Waals surface area contributed by atoms with Crippen molar-refractivity contribution in [3.05, 3.63) is 42.5 Å². The molecule has 20 heavy (non-hydrogen) atoms. The number of ether oxygens (including phenoxy) is 1. The van der Waals surface area contributed by atoms with E-state index in [1.54, 1.807) is 18.0 Å². The van der Waals surface area contributed by atoms with Crippen LogP contribution in [0.2, 0.25) is 0 Å². The molecule has 2 N–H and O–H groups in total. The molecule has 1 atom stereocenters. The Labute approximate surface area is 121 Å². The molecule has 0 saturated heterocycles. The van der Waals surface area contributed by atoms with Crippen molar-refractivity contribution >= 4 is 5.91 Å². The predicted molar refractivity (Wildman–Crippen MR) is 81.5 cm³/mol. The number of hydrogen-bond donors (Lipinski definition) is 1. The van der Waals surface area contributed by atoms with Crippen molar-refractivity contribution in [2.75, 3.05) is 13.7 Å². The van der Waals surface area contributed by atoms with E-state index in [0.29, 0.717) is 13.2 Å². The average molecular weight is 276 g/mol. The first-order chi connectivity index (χ1) is 9.58. The van der Waals surface area contributed by atoms with E-state index in [-0.39, 0.29) is 5.91 Å². The molecule has 0 radical (unpaired) electrons. The van der Waals surface area contributed by atoms with E-state index in [4.69, 9.17) is 10.5 Å². The van der Waals surface area contributed by atoms with Gasteiger partial charge in [-0.3, -0.25) is 4.79 Å². The highest BCUT2D eigenvalue weighted by molar-refractivity contribution is 5.81. The van der Waals surface area contributed by atoms with Crippen molar-refractivity contribution in [2.24, 2.45) is 5.73 Å². The number of benzene rings is 1. The first-order valence-electron chi connectivity index (χ1n) is 6.91. The standard InChI is InChI=1S/C16H24N2O2/c1-4-6-15(17)16(19)18(3)12-13-7-9-14(10-8-13)20-11-5-2/h5,7-10,15H,2,4,6,11-12,17H2,1,3H3/t15-/m1/s1. The first kappa shape index (κ1) is 16.2. The van der Waals surface area contributed by atoms with E-state index in [2.05, 4.69) is 6.58 Å². The van der Waals surface area contributed by atoms with Crippen LogP contribution in [-0.4, -0.2) is 30.5 Å². The zero-order valence-corrected chi connectivity index (χ0v) is 12.3. The third-order valence-electron chi connectivity index (χ3n) is 3.00. The Hall–Kier alpha value is -1.81. The first-order valence-corrected chi connectivity index (χ1v) is 6.91. The van der Waals surface area contributed by atoms with Gasteiger partial charge in [0.15, 0.2) is 0 Å². The minimum Gasteiger partial charge on any atom is -0.490 e. The summed E-state index contributed by atoms with van der Waals surface area (Å²) in [5.74, 6) is 0.782. The largest absolute Gasteiger partial charge is 0.490 e. The van der Waals surface area contributed by atoms with Gasteiger partial charge in [0.2, 0.25) is 5.91 Å². The Morgan fingerprint density at radius 2 is 2.10 bits per heavy atom. The summed E-state index contributed by atoms with van der Waals surface area (Å²) in [6.07, 6.45) is 3.34. The molecule has 110 valence electrons. The van der Waals surface area contributed by atoms with E-state index in [1.165, 1.54) is 0 Å². The zero-order valence-electron chi connectivity index (χ0n) is 12.3. The summed E-state index contributed by atoms with van der Waals surface area (Å²) in [5.41, 5.74) is 6.89. The van der Waals surface area contributed by atoms with Crippen molar-refractivity contribution in [2.45, 2.75) is 32.4 Å². The molecular formula is C16H24N2O2. The molecule has 1 aromatic carbocycles. The number of nitrogens with two attached hydrogens (primary N) is 1. The topological polar surface area (TPSA) is 55.6 Å². The molecule has 0 heterocycles. The fourth-order valence-electron chi connectivity index (χ4n) is 1.92. The van der Waals surface area contributed by atoms with Crippen LogP contribution >= 0.6 is 0 Å². The van der Waals surface area contributed by atoms with Gasteiger partial charge in [0.05, 0.1) is 6.04 Å². The summed E-state index contributed by atoms with van der Waals surface area (Å²) in [6.45, 7) is 6.67. The summed E-state index contributed by atoms with van der Waals surface area (Å²) < 4.78 is 5.41. The normalized spacial score (nSPS) is 11.8. The van der Waals surface area contributed by atoms with Crippen LogP contribution in [-0.2, 0) is 11.3 Å². The van der Waals surface area contributed by atoms with Crippen molar-refractivity contribution in [1.29, 1.82) is 0 Å². The van der Waals surface area contributed by atoms with Crippen LogP contribution in [0, 0.1) is 0 Å². The second-order valence-electron chi connectivity index (χ2n) is 4.83. The fraction of sp³-hybridized carbons (Fsp3) is 0.438. The molecular weight excluding hydrogens is 252 g/mol. The number of carbonyl (C=O) groups is 1. The molecule has 0 aliphatic carbocycles. The molecule has 4 heteroatoms. The maximum Gasteiger partial charge on any atom is 0.239 e. The molecule has 0 aliphatic heterocycles. The van der Waals surface area contributed by atoms with E-state index < -0.39 is 6.04 Å². The number of nitrogens with zero attached hydrogens (tertiary/aromatic N) is 1. The fourth-order valence-corrected chi connectivity index (χ4v) is 1.92. The Balaban J connectivity index is 2.55. The van der Waals surface area contributed by atoms with E-state index >= 15 is 0 Å². The number of likely N-dealkylation sites (N-methyl/N-ethyl adjacent to an activating group) is 1. The molecule has 0 saturated carbocycles. The maximum atomic E-state index is 12.0. The highest BCUT2D eigenvalue weighted by Gasteiger charge is 2.16. The molecule has 1 rings (SSSR count). The molecule has 4 nitrogen and oxygen atoms in total. The van der Waals surface area contributed by atoms with Crippen LogP contribution in [0.15, 0.2) is 36.9 Å². The third-order valence-corrected chi connectivity index (χ3v) is 3.00. The highest BCUT2D eigenvalue weighted by atomic mass is 16.5. The number of rotatable bonds is 8. The van der Waals surface area contributed by atoms with Gasteiger partial charge in [-0.15, -0.1) is 0 Å². The minimum atomic E-state index is -0.403. The van der Waals surface area contributed by atoms with Gasteiger partial charge < -0.3 is 15.4 Å². The summed E-state index contributed by atoms with van der Waals surface area (Å²) in [4.78, 5) is 13.7. The lowest BCUT2D eigenvalue weighted by Gasteiger charge is -2.21. The molecule has 1 amide bonds. The smallest absolute Gasteiger partial charge is 0.239 e. The van der Waals surface area contributed by atoms with Crippen LogP contribution in [0.1, 0.15) is 25.3 Å². The second-order valence-corrected chi connectivity index (χ2v) is 4.83. The molecule has 0 aliphatic rings. The molecule has 0 unspecified atom stereocenters. The molecule has 0 aromatic heterocycles. The predicted octanol–water partition coefficient (Wildman–Crippen LogP) is 2.34. The van der Waals surface area contributed by atoms with E-state index in [0.717, 1.165) is 24.2 Å². The van der Waals surface area contributed by atoms with Gasteiger partial charge in [0, 0.05) is 13.6 Å². The van der Waals surface area contributed by atoms with Crippen LogP contribution < -0.4 is 10.5 Å². The number of hydrogen-bond acceptors (Lipinski definition) is 3. The summed E-state index contributed by atoms with van der Waals surface area (Å²) in [5, 5.41) is 0. The van der Waals surface area contributed by atoms with Gasteiger partial charge in [0.1, 0.15) is 12.4 Å². The lowest BCUT2D eigenvalue weighted by Crippen LogP contribution is -2.41. The summed E-state index contributed by atoms with van der Waals surface area (Å²) >= 11 is 0. The lowest BCUT2D eigenvalue weighted by atomic mass is 10.1. The van der Waals surface area contributed by atoms with Crippen molar-refractivity contribution in [3.63, 3.8) is 0 Å². The van der Waals surface area contributed by atoms with E-state index in [1.807, 2.05) is 31.2 Å². The summed E-state index contributed by atoms with van der Waals surface area (Å²) in [7, 11) is 1.78. The Kier molecular flexibility index (Phi) is 6.81. The van der Waals surface area contributed by atoms with Crippen molar-refractivity contribution in [1.82, 2.24) is 4.90 Å². The highest BCUT2D eigenvalue weighted by Crippen LogP contribution is 2.13. The quantitative estimate of drug-likeness (QED) is 0.741. The SMILES string of the molecule is C=CCOc1ccc(CN(C)C(=O)[C@H](N)CCC)cc1. The monoisotopic (exact) mass is 276 g/mol. The van der Waals surface area contributed by atoms with Crippen LogP contribution in [0.3, 0.4) is 0 Å². The lowest BCUT2D eigenvalue weighted by molar-refractivity contribution is -0.131. The van der Waals surface area contributed by atoms with Crippen LogP contribution in [0.25, 0.3) is 0 Å². The molecule has 1 aromatic rings. The Morgan fingerprint density at radius 1 is 1.45 bits per heavy atom. The van der Waals surface area contributed by atoms with Gasteiger partial charge in [-0.05, 0) is 24.1 Å². The second kappa shape index (κ2) is 8.38. The van der Waals surface area contributed by atoms with E-state index in [9.17, 15) is 4.79 Å². The molecule has 0 bridgehead atoms. The van der Waals surface area contributed by atoms with Crippen molar-refractivity contribution < 1.29 is 9.53 Å². The zero-order chi connectivity index (χ0) is 15.0. The number of amides is 1. The molecule has 0 fully saturated rings. The van der Waals surface area contributed by atoms with Gasteiger partial charge in [-0.1, -0.05) is 38.1 Å². The van der Waals surface area contributed by atoms with Crippen LogP contribution in [0.4, 0.5) is 0 Å². The maximum absolute atomic E-state index is 12.0. The van der Waals surface area contributed by atoms with Gasteiger partial charge in [0.25, 0.3) is 0 Å². The van der Waals surface area contributed by atoms with Gasteiger partial charge >= 0.3 is 0 Å². The Bertz CT molecular complexity index is 429. The average Bonchev–Trinajstić information content (AvgIpc) is 2.46. The number of carbonyl (C=O) groups excluding carboxylic acids is 1. The molecule has 0 spiro atoms. The summed E-state index contributed by atoms with van der Waals surface area (Å²) in [6, 6.07) is 7.29. The van der Waals surface area contributed by atoms with Gasteiger partial charge in [-0.2, -0.15) is 0 Å². The minimum absolute atomic E-state index is 0.0150. The third kappa shape index (κ3) is 5.05. The van der Waals surface area contributed by atoms with Gasteiger partial charge in [-0.25, -0.2) is 0 Å².